The molecule has 0 saturated carbocycles. The van der Waals surface area contributed by atoms with E-state index in [2.05, 4.69) is 21.3 Å². The number of carbonyl (C=O) groups excluding carboxylic acids is 3. The third kappa shape index (κ3) is 6.75. The third-order valence-electron chi connectivity index (χ3n) is 4.97. The zero-order valence-electron chi connectivity index (χ0n) is 16.8. The smallest absolute Gasteiger partial charge is 0.326 e. The van der Waals surface area contributed by atoms with Gasteiger partial charge in [0.15, 0.2) is 0 Å². The summed E-state index contributed by atoms with van der Waals surface area (Å²) >= 11 is 0. The Morgan fingerprint density at radius 2 is 1.64 bits per heavy atom. The number of carbonyl (C=O) groups is 4. The first kappa shape index (κ1) is 23.8. The molecule has 10 nitrogen and oxygen atoms in total. The van der Waals surface area contributed by atoms with E-state index < -0.39 is 42.0 Å². The van der Waals surface area contributed by atoms with E-state index in [1.165, 1.54) is 13.8 Å². The number of hydrogen-bond donors (Lipinski definition) is 6. The van der Waals surface area contributed by atoms with Crippen molar-refractivity contribution in [2.45, 2.75) is 77.2 Å². The first-order valence-electron chi connectivity index (χ1n) is 9.63. The van der Waals surface area contributed by atoms with Crippen LogP contribution in [0.5, 0.6) is 0 Å². The molecule has 6 unspecified atom stereocenters. The Morgan fingerprint density at radius 1 is 1.04 bits per heavy atom. The van der Waals surface area contributed by atoms with Gasteiger partial charge < -0.3 is 31.5 Å². The predicted molar refractivity (Wildman–Crippen MR) is 101 cm³/mol. The number of carboxylic acids is 1. The average Bonchev–Trinajstić information content (AvgIpc) is 3.17. The van der Waals surface area contributed by atoms with Gasteiger partial charge in [0, 0.05) is 0 Å². The standard InChI is InChI=1S/C18H32N4O6/c1-5-9(2)13(18(27)28)21-17(26)14(11(4)23)22-15(24)10(3)20-16(25)12-7-6-8-19-12/h9-14,19,23H,5-8H2,1-4H3,(H,20,25)(H,21,26)(H,22,24)(H,27,28). The van der Waals surface area contributed by atoms with E-state index in [-0.39, 0.29) is 17.9 Å². The summed E-state index contributed by atoms with van der Waals surface area (Å²) in [7, 11) is 0. The van der Waals surface area contributed by atoms with Gasteiger partial charge in [-0.3, -0.25) is 14.4 Å². The van der Waals surface area contributed by atoms with Gasteiger partial charge in [0.05, 0.1) is 12.1 Å². The summed E-state index contributed by atoms with van der Waals surface area (Å²) in [4.78, 5) is 48.3. The molecule has 6 atom stereocenters. The second kappa shape index (κ2) is 11.0. The van der Waals surface area contributed by atoms with Gasteiger partial charge in [0.1, 0.15) is 18.1 Å². The molecule has 0 aliphatic carbocycles. The molecule has 6 N–H and O–H groups in total. The molecule has 0 spiro atoms. The van der Waals surface area contributed by atoms with Gasteiger partial charge in [-0.05, 0) is 39.2 Å². The number of aliphatic hydroxyl groups is 1. The van der Waals surface area contributed by atoms with E-state index >= 15 is 0 Å². The fraction of sp³-hybridized carbons (Fsp3) is 0.778. The molecule has 1 heterocycles. The van der Waals surface area contributed by atoms with E-state index in [1.807, 2.05) is 0 Å². The molecule has 0 radical (unpaired) electrons. The lowest BCUT2D eigenvalue weighted by Gasteiger charge is -2.27. The van der Waals surface area contributed by atoms with Crippen LogP contribution in [0, 0.1) is 5.92 Å². The summed E-state index contributed by atoms with van der Waals surface area (Å²) in [5, 5.41) is 29.5. The highest BCUT2D eigenvalue weighted by Crippen LogP contribution is 2.09. The van der Waals surface area contributed by atoms with E-state index in [1.54, 1.807) is 13.8 Å². The Labute approximate surface area is 164 Å². The van der Waals surface area contributed by atoms with Crippen LogP contribution < -0.4 is 21.3 Å². The number of hydrogen-bond acceptors (Lipinski definition) is 6. The number of aliphatic carboxylic acids is 1. The molecule has 28 heavy (non-hydrogen) atoms. The maximum absolute atomic E-state index is 12.5. The number of nitrogens with one attached hydrogen (secondary N) is 4. The minimum absolute atomic E-state index is 0.305. The Bertz CT molecular complexity index is 576. The number of aliphatic hydroxyl groups excluding tert-OH is 1. The zero-order valence-corrected chi connectivity index (χ0v) is 16.8. The summed E-state index contributed by atoms with van der Waals surface area (Å²) in [6, 6.07) is -3.75. The van der Waals surface area contributed by atoms with Crippen LogP contribution in [0.25, 0.3) is 0 Å². The SMILES string of the molecule is CCC(C)C(NC(=O)C(NC(=O)C(C)NC(=O)C1CCCN1)C(C)O)C(=O)O. The number of rotatable bonds is 10. The van der Waals surface area contributed by atoms with Gasteiger partial charge >= 0.3 is 5.97 Å². The van der Waals surface area contributed by atoms with Crippen LogP contribution in [0.1, 0.15) is 47.0 Å². The normalized spacial score (nSPS) is 21.7. The zero-order chi connectivity index (χ0) is 21.4. The highest BCUT2D eigenvalue weighted by atomic mass is 16.4. The lowest BCUT2D eigenvalue weighted by molar-refractivity contribution is -0.144. The minimum atomic E-state index is -1.35. The van der Waals surface area contributed by atoms with Crippen molar-refractivity contribution in [1.29, 1.82) is 0 Å². The molecule has 0 aromatic rings. The summed E-state index contributed by atoms with van der Waals surface area (Å²) in [5.41, 5.74) is 0. The molecule has 1 fully saturated rings. The fourth-order valence-corrected chi connectivity index (χ4v) is 2.90. The van der Waals surface area contributed by atoms with Gasteiger partial charge in [0.2, 0.25) is 17.7 Å². The Balaban J connectivity index is 2.71. The molecular formula is C18H32N4O6. The van der Waals surface area contributed by atoms with Gasteiger partial charge in [-0.2, -0.15) is 0 Å². The Kier molecular flexibility index (Phi) is 9.33. The fourth-order valence-electron chi connectivity index (χ4n) is 2.90. The molecule has 1 aliphatic heterocycles. The number of carboxylic acid groups (broad SMARTS) is 1. The maximum atomic E-state index is 12.5. The van der Waals surface area contributed by atoms with E-state index in [4.69, 9.17) is 0 Å². The largest absolute Gasteiger partial charge is 0.480 e. The molecule has 10 heteroatoms. The van der Waals surface area contributed by atoms with Crippen LogP contribution in [0.4, 0.5) is 0 Å². The van der Waals surface area contributed by atoms with Crippen molar-refractivity contribution in [3.05, 3.63) is 0 Å². The van der Waals surface area contributed by atoms with Crippen LogP contribution in [0.15, 0.2) is 0 Å². The van der Waals surface area contributed by atoms with Crippen LogP contribution in [0.2, 0.25) is 0 Å². The molecule has 1 aliphatic rings. The van der Waals surface area contributed by atoms with Gasteiger partial charge in [-0.1, -0.05) is 20.3 Å². The second-order valence-electron chi connectivity index (χ2n) is 7.32. The average molecular weight is 400 g/mol. The first-order valence-corrected chi connectivity index (χ1v) is 9.63. The van der Waals surface area contributed by atoms with Gasteiger partial charge in [-0.25, -0.2) is 4.79 Å². The van der Waals surface area contributed by atoms with Gasteiger partial charge in [-0.15, -0.1) is 0 Å². The van der Waals surface area contributed by atoms with Crippen molar-refractivity contribution in [1.82, 2.24) is 21.3 Å². The number of amides is 3. The van der Waals surface area contributed by atoms with Crippen molar-refractivity contribution in [3.63, 3.8) is 0 Å². The summed E-state index contributed by atoms with van der Waals surface area (Å²) in [6.45, 7) is 7.01. The van der Waals surface area contributed by atoms with E-state index in [9.17, 15) is 29.4 Å². The predicted octanol–water partition coefficient (Wildman–Crippen LogP) is -1.28. The lowest BCUT2D eigenvalue weighted by Crippen LogP contribution is -2.59. The van der Waals surface area contributed by atoms with Crippen molar-refractivity contribution in [2.24, 2.45) is 5.92 Å². The first-order chi connectivity index (χ1) is 13.1. The lowest BCUT2D eigenvalue weighted by atomic mass is 9.98. The van der Waals surface area contributed by atoms with Crippen molar-refractivity contribution >= 4 is 23.7 Å². The molecule has 1 saturated heterocycles. The highest BCUT2D eigenvalue weighted by molar-refractivity contribution is 5.94. The summed E-state index contributed by atoms with van der Waals surface area (Å²) in [6.07, 6.45) is 0.839. The van der Waals surface area contributed by atoms with Crippen molar-refractivity contribution in [2.75, 3.05) is 6.54 Å². The van der Waals surface area contributed by atoms with E-state index in [0.29, 0.717) is 12.8 Å². The summed E-state index contributed by atoms with van der Waals surface area (Å²) in [5.74, 6) is -3.28. The molecule has 160 valence electrons. The van der Waals surface area contributed by atoms with E-state index in [0.717, 1.165) is 13.0 Å². The Hall–Kier alpha value is -2.20. The second-order valence-corrected chi connectivity index (χ2v) is 7.32. The minimum Gasteiger partial charge on any atom is -0.480 e. The third-order valence-corrected chi connectivity index (χ3v) is 4.97. The van der Waals surface area contributed by atoms with Crippen LogP contribution in [-0.2, 0) is 19.2 Å². The van der Waals surface area contributed by atoms with Gasteiger partial charge in [0.25, 0.3) is 0 Å². The highest BCUT2D eigenvalue weighted by Gasteiger charge is 2.33. The van der Waals surface area contributed by atoms with Crippen molar-refractivity contribution in [3.8, 4) is 0 Å². The molecule has 3 amide bonds. The molecular weight excluding hydrogens is 368 g/mol. The van der Waals surface area contributed by atoms with Crippen LogP contribution >= 0.6 is 0 Å². The molecule has 1 rings (SSSR count). The molecule has 0 aromatic heterocycles. The maximum Gasteiger partial charge on any atom is 0.326 e. The quantitative estimate of drug-likeness (QED) is 0.267. The van der Waals surface area contributed by atoms with Crippen molar-refractivity contribution < 1.29 is 29.4 Å². The molecule has 0 aromatic carbocycles. The molecule has 0 bridgehead atoms. The Morgan fingerprint density at radius 3 is 2.11 bits per heavy atom. The van der Waals surface area contributed by atoms with Crippen LogP contribution in [-0.4, -0.2) is 70.7 Å². The van der Waals surface area contributed by atoms with Crippen LogP contribution in [0.3, 0.4) is 0 Å². The topological polar surface area (TPSA) is 157 Å². The summed E-state index contributed by atoms with van der Waals surface area (Å²) < 4.78 is 0. The monoisotopic (exact) mass is 400 g/mol.